The third-order valence-electron chi connectivity index (χ3n) is 3.64. The first-order valence-corrected chi connectivity index (χ1v) is 6.79. The Kier molecular flexibility index (Phi) is 4.38. The minimum atomic E-state index is 0.456. The standard InChI is InChI=1S/C16H23N/c1-3-14-9-11-15(12-10-14)13(2)17-16-7-5-4-6-8-16/h4-5,9-13,16-17H,3,6-8H2,1-2H3. The third kappa shape index (κ3) is 3.44. The van der Waals surface area contributed by atoms with Gasteiger partial charge in [0.15, 0.2) is 0 Å². The molecule has 1 aliphatic carbocycles. The smallest absolute Gasteiger partial charge is 0.0294 e. The molecule has 92 valence electrons. The summed E-state index contributed by atoms with van der Waals surface area (Å²) in [6.07, 6.45) is 9.38. The van der Waals surface area contributed by atoms with E-state index in [0.29, 0.717) is 12.1 Å². The Bertz CT molecular complexity index is 364. The summed E-state index contributed by atoms with van der Waals surface area (Å²) in [6.45, 7) is 4.46. The number of allylic oxidation sites excluding steroid dienone is 1. The first kappa shape index (κ1) is 12.4. The largest absolute Gasteiger partial charge is 0.307 e. The molecule has 0 aliphatic heterocycles. The molecule has 1 aromatic carbocycles. The number of aryl methyl sites for hydroxylation is 1. The fourth-order valence-electron chi connectivity index (χ4n) is 2.44. The van der Waals surface area contributed by atoms with Crippen molar-refractivity contribution in [3.8, 4) is 0 Å². The molecule has 17 heavy (non-hydrogen) atoms. The van der Waals surface area contributed by atoms with Gasteiger partial charge in [-0.15, -0.1) is 0 Å². The molecule has 0 heterocycles. The van der Waals surface area contributed by atoms with Gasteiger partial charge < -0.3 is 5.32 Å². The van der Waals surface area contributed by atoms with E-state index < -0.39 is 0 Å². The van der Waals surface area contributed by atoms with E-state index in [1.54, 1.807) is 0 Å². The Morgan fingerprint density at radius 2 is 2.00 bits per heavy atom. The number of hydrogen-bond acceptors (Lipinski definition) is 1. The zero-order valence-electron chi connectivity index (χ0n) is 10.9. The molecule has 1 aromatic rings. The minimum Gasteiger partial charge on any atom is -0.307 e. The van der Waals surface area contributed by atoms with Crippen LogP contribution in [0.3, 0.4) is 0 Å². The van der Waals surface area contributed by atoms with Gasteiger partial charge in [0.2, 0.25) is 0 Å². The van der Waals surface area contributed by atoms with Crippen molar-refractivity contribution < 1.29 is 0 Å². The van der Waals surface area contributed by atoms with Gasteiger partial charge in [-0.2, -0.15) is 0 Å². The molecule has 2 atom stereocenters. The number of hydrogen-bond donors (Lipinski definition) is 1. The molecule has 1 aliphatic rings. The Morgan fingerprint density at radius 1 is 1.24 bits per heavy atom. The van der Waals surface area contributed by atoms with Gasteiger partial charge in [0.05, 0.1) is 0 Å². The van der Waals surface area contributed by atoms with Gasteiger partial charge in [0.25, 0.3) is 0 Å². The van der Waals surface area contributed by atoms with Crippen LogP contribution in [0.5, 0.6) is 0 Å². The first-order chi connectivity index (χ1) is 8.29. The normalized spacial score (nSPS) is 21.4. The van der Waals surface area contributed by atoms with E-state index in [1.807, 2.05) is 0 Å². The number of benzene rings is 1. The molecular formula is C16H23N. The predicted octanol–water partition coefficient (Wildman–Crippen LogP) is 4.01. The topological polar surface area (TPSA) is 12.0 Å². The quantitative estimate of drug-likeness (QED) is 0.769. The van der Waals surface area contributed by atoms with E-state index in [-0.39, 0.29) is 0 Å². The zero-order chi connectivity index (χ0) is 12.1. The summed E-state index contributed by atoms with van der Waals surface area (Å²) in [5, 5.41) is 3.72. The maximum Gasteiger partial charge on any atom is 0.0294 e. The molecule has 1 N–H and O–H groups in total. The Hall–Kier alpha value is -1.08. The molecular weight excluding hydrogens is 206 g/mol. The monoisotopic (exact) mass is 229 g/mol. The summed E-state index contributed by atoms with van der Waals surface area (Å²) in [5.41, 5.74) is 2.82. The third-order valence-corrected chi connectivity index (χ3v) is 3.64. The Labute approximate surface area is 105 Å². The molecule has 0 fully saturated rings. The molecule has 1 nitrogen and oxygen atoms in total. The highest BCUT2D eigenvalue weighted by Gasteiger charge is 2.13. The van der Waals surface area contributed by atoms with E-state index in [4.69, 9.17) is 0 Å². The van der Waals surface area contributed by atoms with Crippen molar-refractivity contribution in [3.05, 3.63) is 47.5 Å². The molecule has 2 rings (SSSR count). The summed E-state index contributed by atoms with van der Waals surface area (Å²) < 4.78 is 0. The molecule has 0 radical (unpaired) electrons. The highest BCUT2D eigenvalue weighted by Crippen LogP contribution is 2.18. The van der Waals surface area contributed by atoms with E-state index in [2.05, 4.69) is 55.6 Å². The first-order valence-electron chi connectivity index (χ1n) is 6.79. The van der Waals surface area contributed by atoms with Crippen LogP contribution < -0.4 is 5.32 Å². The molecule has 0 amide bonds. The van der Waals surface area contributed by atoms with Crippen LogP contribution in [0, 0.1) is 0 Å². The summed E-state index contributed by atoms with van der Waals surface area (Å²) in [7, 11) is 0. The van der Waals surface area contributed by atoms with Gasteiger partial charge in [0, 0.05) is 12.1 Å². The van der Waals surface area contributed by atoms with Gasteiger partial charge in [-0.25, -0.2) is 0 Å². The van der Waals surface area contributed by atoms with E-state index in [1.165, 1.54) is 30.4 Å². The van der Waals surface area contributed by atoms with Crippen molar-refractivity contribution in [2.24, 2.45) is 0 Å². The summed E-state index contributed by atoms with van der Waals surface area (Å²) in [4.78, 5) is 0. The SMILES string of the molecule is CCc1ccc(C(C)NC2CC=CCC2)cc1. The van der Waals surface area contributed by atoms with E-state index >= 15 is 0 Å². The fraction of sp³-hybridized carbons (Fsp3) is 0.500. The van der Waals surface area contributed by atoms with Crippen LogP contribution in [0.1, 0.15) is 50.3 Å². The van der Waals surface area contributed by atoms with Crippen molar-refractivity contribution >= 4 is 0 Å². The predicted molar refractivity (Wildman–Crippen MR) is 74.1 cm³/mol. The molecule has 0 spiro atoms. The average molecular weight is 229 g/mol. The molecule has 1 heteroatoms. The summed E-state index contributed by atoms with van der Waals surface area (Å²) in [5.74, 6) is 0. The lowest BCUT2D eigenvalue weighted by Crippen LogP contribution is -2.32. The lowest BCUT2D eigenvalue weighted by molar-refractivity contribution is 0.426. The van der Waals surface area contributed by atoms with E-state index in [9.17, 15) is 0 Å². The molecule has 2 unspecified atom stereocenters. The van der Waals surface area contributed by atoms with Gasteiger partial charge in [-0.1, -0.05) is 43.3 Å². The second kappa shape index (κ2) is 6.02. The van der Waals surface area contributed by atoms with Crippen LogP contribution in [0.25, 0.3) is 0 Å². The van der Waals surface area contributed by atoms with E-state index in [0.717, 1.165) is 6.42 Å². The summed E-state index contributed by atoms with van der Waals surface area (Å²) >= 11 is 0. The maximum atomic E-state index is 3.72. The van der Waals surface area contributed by atoms with Crippen LogP contribution in [0.15, 0.2) is 36.4 Å². The molecule has 0 saturated heterocycles. The van der Waals surface area contributed by atoms with Crippen molar-refractivity contribution in [2.75, 3.05) is 0 Å². The Balaban J connectivity index is 1.93. The zero-order valence-corrected chi connectivity index (χ0v) is 10.9. The lowest BCUT2D eigenvalue weighted by Gasteiger charge is -2.24. The maximum absolute atomic E-state index is 3.72. The van der Waals surface area contributed by atoms with Crippen LogP contribution in [-0.2, 0) is 6.42 Å². The van der Waals surface area contributed by atoms with Crippen LogP contribution in [0.4, 0.5) is 0 Å². The van der Waals surface area contributed by atoms with Gasteiger partial charge >= 0.3 is 0 Å². The van der Waals surface area contributed by atoms with Crippen LogP contribution in [-0.4, -0.2) is 6.04 Å². The average Bonchev–Trinajstić information content (AvgIpc) is 2.40. The van der Waals surface area contributed by atoms with Crippen LogP contribution in [0.2, 0.25) is 0 Å². The van der Waals surface area contributed by atoms with Crippen molar-refractivity contribution in [1.82, 2.24) is 5.32 Å². The van der Waals surface area contributed by atoms with Gasteiger partial charge in [-0.05, 0) is 43.7 Å². The fourth-order valence-corrected chi connectivity index (χ4v) is 2.44. The second-order valence-corrected chi connectivity index (χ2v) is 4.96. The van der Waals surface area contributed by atoms with Crippen molar-refractivity contribution in [2.45, 2.75) is 51.6 Å². The van der Waals surface area contributed by atoms with Crippen molar-refractivity contribution in [1.29, 1.82) is 0 Å². The van der Waals surface area contributed by atoms with Gasteiger partial charge in [0.1, 0.15) is 0 Å². The minimum absolute atomic E-state index is 0.456. The Morgan fingerprint density at radius 3 is 2.59 bits per heavy atom. The molecule has 0 bridgehead atoms. The lowest BCUT2D eigenvalue weighted by atomic mass is 9.99. The number of nitrogens with one attached hydrogen (secondary N) is 1. The highest BCUT2D eigenvalue weighted by atomic mass is 14.9. The number of rotatable bonds is 4. The molecule has 0 saturated carbocycles. The highest BCUT2D eigenvalue weighted by molar-refractivity contribution is 5.24. The second-order valence-electron chi connectivity index (χ2n) is 4.96. The van der Waals surface area contributed by atoms with Crippen LogP contribution >= 0.6 is 0 Å². The van der Waals surface area contributed by atoms with Gasteiger partial charge in [-0.3, -0.25) is 0 Å². The molecule has 0 aromatic heterocycles. The van der Waals surface area contributed by atoms with Crippen molar-refractivity contribution in [3.63, 3.8) is 0 Å². The summed E-state index contributed by atoms with van der Waals surface area (Å²) in [6, 6.07) is 10.1.